The molecule has 1 amide bonds. The molecule has 1 N–H and O–H groups in total. The van der Waals surface area contributed by atoms with Crippen LogP contribution in [-0.4, -0.2) is 35.0 Å². The van der Waals surface area contributed by atoms with Gasteiger partial charge in [0.1, 0.15) is 0 Å². The van der Waals surface area contributed by atoms with E-state index >= 15 is 0 Å². The van der Waals surface area contributed by atoms with Gasteiger partial charge in [0.05, 0.1) is 0 Å². The molecule has 0 radical (unpaired) electrons. The number of likely N-dealkylation sites (tertiary alicyclic amines) is 1. The van der Waals surface area contributed by atoms with Crippen molar-refractivity contribution in [2.45, 2.75) is 58.8 Å². The lowest BCUT2D eigenvalue weighted by Gasteiger charge is -2.40. The zero-order valence-corrected chi connectivity index (χ0v) is 11.6. The highest BCUT2D eigenvalue weighted by Crippen LogP contribution is 2.32. The summed E-state index contributed by atoms with van der Waals surface area (Å²) in [6.07, 6.45) is 5.34. The molecule has 1 aliphatic heterocycles. The van der Waals surface area contributed by atoms with Crippen LogP contribution in [0.3, 0.4) is 0 Å². The van der Waals surface area contributed by atoms with E-state index in [9.17, 15) is 9.59 Å². The summed E-state index contributed by atoms with van der Waals surface area (Å²) >= 11 is 0. The third-order valence-corrected chi connectivity index (χ3v) is 4.02. The molecule has 4 nitrogen and oxygen atoms in total. The average molecular weight is 255 g/mol. The molecule has 0 aromatic heterocycles. The molecule has 1 rings (SSSR count). The van der Waals surface area contributed by atoms with Crippen LogP contribution in [0.5, 0.6) is 0 Å². The summed E-state index contributed by atoms with van der Waals surface area (Å²) in [5, 5.41) is 8.53. The number of hydrogen-bond acceptors (Lipinski definition) is 2. The predicted octanol–water partition coefficient (Wildman–Crippen LogP) is 2.67. The van der Waals surface area contributed by atoms with Crippen LogP contribution in [0, 0.1) is 5.41 Å². The highest BCUT2D eigenvalue weighted by Gasteiger charge is 2.31. The Morgan fingerprint density at radius 2 is 1.94 bits per heavy atom. The van der Waals surface area contributed by atoms with Crippen molar-refractivity contribution in [2.24, 2.45) is 5.41 Å². The van der Waals surface area contributed by atoms with Gasteiger partial charge in [0, 0.05) is 25.9 Å². The SMILES string of the molecule is CCC1(C)CCCN(C(=O)CCCCC(=O)O)C1. The number of aliphatic carboxylic acids is 1. The van der Waals surface area contributed by atoms with Gasteiger partial charge in [0.15, 0.2) is 0 Å². The number of amides is 1. The number of rotatable bonds is 6. The zero-order valence-electron chi connectivity index (χ0n) is 11.6. The quantitative estimate of drug-likeness (QED) is 0.742. The van der Waals surface area contributed by atoms with Crippen molar-refractivity contribution in [3.05, 3.63) is 0 Å². The Morgan fingerprint density at radius 1 is 1.28 bits per heavy atom. The number of hydrogen-bond donors (Lipinski definition) is 1. The summed E-state index contributed by atoms with van der Waals surface area (Å²) in [7, 11) is 0. The minimum atomic E-state index is -0.779. The highest BCUT2D eigenvalue weighted by atomic mass is 16.4. The van der Waals surface area contributed by atoms with Gasteiger partial charge in [0.2, 0.25) is 5.91 Å². The van der Waals surface area contributed by atoms with Crippen LogP contribution in [0.4, 0.5) is 0 Å². The van der Waals surface area contributed by atoms with Gasteiger partial charge < -0.3 is 10.0 Å². The standard InChI is InChI=1S/C14H25NO3/c1-3-14(2)9-6-10-15(11-14)12(16)7-4-5-8-13(17)18/h3-11H2,1-2H3,(H,17,18). The molecule has 0 saturated carbocycles. The maximum absolute atomic E-state index is 12.0. The van der Waals surface area contributed by atoms with Crippen LogP contribution in [-0.2, 0) is 9.59 Å². The molecule has 0 bridgehead atoms. The smallest absolute Gasteiger partial charge is 0.303 e. The minimum absolute atomic E-state index is 0.167. The molecule has 0 aromatic rings. The largest absolute Gasteiger partial charge is 0.481 e. The second kappa shape index (κ2) is 6.76. The Labute approximate surface area is 109 Å². The fourth-order valence-electron chi connectivity index (χ4n) is 2.53. The molecule has 1 atom stereocenters. The maximum Gasteiger partial charge on any atom is 0.303 e. The minimum Gasteiger partial charge on any atom is -0.481 e. The molecule has 0 spiro atoms. The number of carboxylic acid groups (broad SMARTS) is 1. The molecule has 1 unspecified atom stereocenters. The zero-order chi connectivity index (χ0) is 13.6. The molecular weight excluding hydrogens is 230 g/mol. The number of carboxylic acids is 1. The van der Waals surface area contributed by atoms with Crippen molar-refractivity contribution in [1.82, 2.24) is 4.90 Å². The van der Waals surface area contributed by atoms with Crippen LogP contribution in [0.2, 0.25) is 0 Å². The normalized spacial score (nSPS) is 24.0. The lowest BCUT2D eigenvalue weighted by molar-refractivity contribution is -0.138. The predicted molar refractivity (Wildman–Crippen MR) is 70.3 cm³/mol. The van der Waals surface area contributed by atoms with Gasteiger partial charge in [-0.05, 0) is 37.5 Å². The first-order valence-corrected chi connectivity index (χ1v) is 6.96. The molecule has 0 aromatic carbocycles. The molecule has 104 valence electrons. The van der Waals surface area contributed by atoms with Crippen molar-refractivity contribution in [2.75, 3.05) is 13.1 Å². The Hall–Kier alpha value is -1.06. The van der Waals surface area contributed by atoms with Crippen LogP contribution < -0.4 is 0 Å². The van der Waals surface area contributed by atoms with E-state index in [1.807, 2.05) is 4.90 Å². The fraction of sp³-hybridized carbons (Fsp3) is 0.857. The van der Waals surface area contributed by atoms with Crippen LogP contribution in [0.25, 0.3) is 0 Å². The van der Waals surface area contributed by atoms with Gasteiger partial charge >= 0.3 is 5.97 Å². The fourth-order valence-corrected chi connectivity index (χ4v) is 2.53. The van der Waals surface area contributed by atoms with Crippen molar-refractivity contribution in [1.29, 1.82) is 0 Å². The number of carbonyl (C=O) groups is 2. The van der Waals surface area contributed by atoms with E-state index < -0.39 is 5.97 Å². The molecule has 1 heterocycles. The lowest BCUT2D eigenvalue weighted by Crippen LogP contribution is -2.44. The van der Waals surface area contributed by atoms with Gasteiger partial charge in [-0.25, -0.2) is 0 Å². The third kappa shape index (κ3) is 4.67. The van der Waals surface area contributed by atoms with Gasteiger partial charge in [-0.15, -0.1) is 0 Å². The second-order valence-electron chi connectivity index (χ2n) is 5.68. The van der Waals surface area contributed by atoms with Crippen molar-refractivity contribution >= 4 is 11.9 Å². The molecule has 1 saturated heterocycles. The Bertz CT molecular complexity index is 303. The third-order valence-electron chi connectivity index (χ3n) is 4.02. The average Bonchev–Trinajstić information content (AvgIpc) is 2.34. The van der Waals surface area contributed by atoms with E-state index in [-0.39, 0.29) is 17.7 Å². The summed E-state index contributed by atoms with van der Waals surface area (Å²) in [5.41, 5.74) is 0.273. The summed E-state index contributed by atoms with van der Waals surface area (Å²) in [4.78, 5) is 24.4. The van der Waals surface area contributed by atoms with E-state index in [4.69, 9.17) is 5.11 Å². The molecule has 4 heteroatoms. The molecule has 1 fully saturated rings. The summed E-state index contributed by atoms with van der Waals surface area (Å²) in [6, 6.07) is 0. The van der Waals surface area contributed by atoms with Gasteiger partial charge in [-0.3, -0.25) is 9.59 Å². The number of piperidine rings is 1. The Balaban J connectivity index is 2.31. The summed E-state index contributed by atoms with van der Waals surface area (Å²) < 4.78 is 0. The van der Waals surface area contributed by atoms with Gasteiger partial charge in [0.25, 0.3) is 0 Å². The summed E-state index contributed by atoms with van der Waals surface area (Å²) in [6.45, 7) is 6.16. The van der Waals surface area contributed by atoms with Crippen LogP contribution >= 0.6 is 0 Å². The van der Waals surface area contributed by atoms with E-state index in [2.05, 4.69) is 13.8 Å². The lowest BCUT2D eigenvalue weighted by atomic mass is 9.79. The van der Waals surface area contributed by atoms with E-state index in [0.29, 0.717) is 19.3 Å². The first-order valence-electron chi connectivity index (χ1n) is 6.96. The van der Waals surface area contributed by atoms with E-state index in [1.54, 1.807) is 0 Å². The van der Waals surface area contributed by atoms with Gasteiger partial charge in [-0.1, -0.05) is 13.8 Å². The molecule has 1 aliphatic rings. The molecular formula is C14H25NO3. The maximum atomic E-state index is 12.0. The highest BCUT2D eigenvalue weighted by molar-refractivity contribution is 5.76. The van der Waals surface area contributed by atoms with Crippen molar-refractivity contribution in [3.8, 4) is 0 Å². The second-order valence-corrected chi connectivity index (χ2v) is 5.68. The Kier molecular flexibility index (Phi) is 5.63. The topological polar surface area (TPSA) is 57.6 Å². The first kappa shape index (κ1) is 15.0. The van der Waals surface area contributed by atoms with Crippen LogP contribution in [0.1, 0.15) is 58.8 Å². The number of nitrogens with zero attached hydrogens (tertiary/aromatic N) is 1. The Morgan fingerprint density at radius 3 is 2.56 bits per heavy atom. The van der Waals surface area contributed by atoms with Crippen molar-refractivity contribution in [3.63, 3.8) is 0 Å². The number of carbonyl (C=O) groups excluding carboxylic acids is 1. The number of unbranched alkanes of at least 4 members (excludes halogenated alkanes) is 1. The molecule has 0 aliphatic carbocycles. The summed E-state index contributed by atoms with van der Waals surface area (Å²) in [5.74, 6) is -0.584. The van der Waals surface area contributed by atoms with Gasteiger partial charge in [-0.2, -0.15) is 0 Å². The first-order chi connectivity index (χ1) is 8.47. The molecule has 18 heavy (non-hydrogen) atoms. The van der Waals surface area contributed by atoms with Crippen LogP contribution in [0.15, 0.2) is 0 Å². The van der Waals surface area contributed by atoms with E-state index in [0.717, 1.165) is 25.9 Å². The monoisotopic (exact) mass is 255 g/mol. The van der Waals surface area contributed by atoms with E-state index in [1.165, 1.54) is 6.42 Å². The van der Waals surface area contributed by atoms with Crippen molar-refractivity contribution < 1.29 is 14.7 Å².